The Hall–Kier alpha value is -2.27. The first-order chi connectivity index (χ1) is 11.7. The second-order valence-corrected chi connectivity index (χ2v) is 6.26. The average molecular weight is 438 g/mol. The van der Waals surface area contributed by atoms with Gasteiger partial charge in [-0.25, -0.2) is 4.98 Å². The summed E-state index contributed by atoms with van der Waals surface area (Å²) in [5.41, 5.74) is 5.49. The van der Waals surface area contributed by atoms with Gasteiger partial charge in [-0.05, 0) is 36.8 Å². The highest BCUT2D eigenvalue weighted by molar-refractivity contribution is 5.84. The molecule has 0 aliphatic heterocycles. The molecule has 2 aromatic carbocycles. The van der Waals surface area contributed by atoms with Crippen LogP contribution in [-0.2, 0) is 6.54 Å². The second-order valence-electron chi connectivity index (χ2n) is 6.26. The molecule has 0 aliphatic rings. The Bertz CT molecular complexity index is 1070. The van der Waals surface area contributed by atoms with Crippen LogP contribution in [0.2, 0.25) is 0 Å². The van der Waals surface area contributed by atoms with E-state index in [2.05, 4.69) is 78.9 Å². The third kappa shape index (κ3) is 3.56. The molecule has 25 heavy (non-hydrogen) atoms. The Balaban J connectivity index is 0.00000182. The van der Waals surface area contributed by atoms with E-state index >= 15 is 0 Å². The van der Waals surface area contributed by atoms with Crippen LogP contribution in [0.4, 0.5) is 0 Å². The van der Waals surface area contributed by atoms with Crippen LogP contribution in [0, 0.1) is 0 Å². The lowest BCUT2D eigenvalue weighted by molar-refractivity contribution is -0.662. The van der Waals surface area contributed by atoms with Crippen molar-refractivity contribution in [1.82, 2.24) is 4.98 Å². The second kappa shape index (κ2) is 7.31. The lowest BCUT2D eigenvalue weighted by atomic mass is 10.1. The summed E-state index contributed by atoms with van der Waals surface area (Å²) in [6.45, 7) is 6.93. The molecule has 0 aliphatic carbocycles. The highest BCUT2D eigenvalue weighted by atomic mass is 127. The molecule has 0 atom stereocenters. The molecule has 0 radical (unpaired) electrons. The van der Waals surface area contributed by atoms with Crippen molar-refractivity contribution in [1.29, 1.82) is 0 Å². The first kappa shape index (κ1) is 17.5. The van der Waals surface area contributed by atoms with Crippen molar-refractivity contribution in [2.24, 2.45) is 0 Å². The van der Waals surface area contributed by atoms with Gasteiger partial charge in [-0.3, -0.25) is 0 Å². The zero-order chi connectivity index (χ0) is 16.5. The summed E-state index contributed by atoms with van der Waals surface area (Å²) in [6.07, 6.45) is 2.17. The van der Waals surface area contributed by atoms with Gasteiger partial charge >= 0.3 is 0 Å². The molecular formula is C22H19IN2. The maximum atomic E-state index is 4.84. The number of hydrogen-bond acceptors (Lipinski definition) is 1. The van der Waals surface area contributed by atoms with Crippen LogP contribution in [0.15, 0.2) is 85.1 Å². The maximum Gasteiger partial charge on any atom is 0.212 e. The Labute approximate surface area is 164 Å². The molecule has 3 heteroatoms. The molecule has 4 aromatic rings. The van der Waals surface area contributed by atoms with Crippen molar-refractivity contribution >= 4 is 21.8 Å². The fourth-order valence-corrected chi connectivity index (χ4v) is 3.10. The number of aromatic nitrogens is 2. The van der Waals surface area contributed by atoms with Crippen LogP contribution in [0.1, 0.15) is 6.92 Å². The van der Waals surface area contributed by atoms with Gasteiger partial charge in [0.1, 0.15) is 0 Å². The van der Waals surface area contributed by atoms with E-state index in [0.717, 1.165) is 34.3 Å². The van der Waals surface area contributed by atoms with Crippen LogP contribution >= 0.6 is 0 Å². The van der Waals surface area contributed by atoms with Gasteiger partial charge in [-0.15, -0.1) is 0 Å². The normalized spacial score (nSPS) is 10.6. The number of nitrogens with zero attached hydrogens (tertiary/aromatic N) is 2. The quantitative estimate of drug-likeness (QED) is 0.272. The number of allylic oxidation sites excluding steroid dienone is 1. The van der Waals surface area contributed by atoms with E-state index in [4.69, 9.17) is 4.98 Å². The minimum atomic E-state index is 0. The Morgan fingerprint density at radius 1 is 0.960 bits per heavy atom. The van der Waals surface area contributed by atoms with Gasteiger partial charge in [0.2, 0.25) is 5.52 Å². The van der Waals surface area contributed by atoms with Crippen molar-refractivity contribution in [3.8, 4) is 11.3 Å². The molecule has 2 aromatic heterocycles. The molecule has 124 valence electrons. The zero-order valence-electron chi connectivity index (χ0n) is 14.1. The van der Waals surface area contributed by atoms with E-state index in [-0.39, 0.29) is 24.0 Å². The van der Waals surface area contributed by atoms with Crippen molar-refractivity contribution in [3.63, 3.8) is 0 Å². The molecule has 2 heterocycles. The molecule has 0 amide bonds. The number of para-hydroxylation sites is 2. The molecule has 0 unspecified atom stereocenters. The van der Waals surface area contributed by atoms with E-state index in [0.29, 0.717) is 0 Å². The SMILES string of the molecule is C=C(C)C[n+]1cc(-c2ccc3ccccc3n2)cc2ccccc21.[I-]. The average Bonchev–Trinajstić information content (AvgIpc) is 2.61. The van der Waals surface area contributed by atoms with Gasteiger partial charge in [-0.1, -0.05) is 43.0 Å². The number of benzene rings is 2. The molecule has 2 nitrogen and oxygen atoms in total. The van der Waals surface area contributed by atoms with Crippen LogP contribution in [0.5, 0.6) is 0 Å². The summed E-state index contributed by atoms with van der Waals surface area (Å²) in [7, 11) is 0. The van der Waals surface area contributed by atoms with Crippen LogP contribution in [0.25, 0.3) is 33.1 Å². The fourth-order valence-electron chi connectivity index (χ4n) is 3.10. The van der Waals surface area contributed by atoms with E-state index in [9.17, 15) is 0 Å². The smallest absolute Gasteiger partial charge is 0.212 e. The van der Waals surface area contributed by atoms with Crippen molar-refractivity contribution in [3.05, 3.63) is 85.1 Å². The van der Waals surface area contributed by atoms with Gasteiger partial charge in [0.15, 0.2) is 12.7 Å². The summed E-state index contributed by atoms with van der Waals surface area (Å²) in [6, 6.07) is 23.1. The Morgan fingerprint density at radius 2 is 1.68 bits per heavy atom. The summed E-state index contributed by atoms with van der Waals surface area (Å²) in [4.78, 5) is 4.84. The predicted molar refractivity (Wildman–Crippen MR) is 99.7 cm³/mol. The number of rotatable bonds is 3. The minimum absolute atomic E-state index is 0. The van der Waals surface area contributed by atoms with Crippen LogP contribution < -0.4 is 28.5 Å². The van der Waals surface area contributed by atoms with E-state index in [1.165, 1.54) is 10.9 Å². The maximum absolute atomic E-state index is 4.84. The van der Waals surface area contributed by atoms with E-state index in [1.54, 1.807) is 0 Å². The fraction of sp³-hybridized carbons (Fsp3) is 0.0909. The lowest BCUT2D eigenvalue weighted by Crippen LogP contribution is -3.00. The number of pyridine rings is 2. The third-order valence-electron chi connectivity index (χ3n) is 4.19. The molecule has 0 bridgehead atoms. The largest absolute Gasteiger partial charge is 1.00 e. The van der Waals surface area contributed by atoms with E-state index < -0.39 is 0 Å². The molecule has 0 fully saturated rings. The first-order valence-electron chi connectivity index (χ1n) is 8.13. The minimum Gasteiger partial charge on any atom is -1.00 e. The van der Waals surface area contributed by atoms with Gasteiger partial charge < -0.3 is 24.0 Å². The first-order valence-corrected chi connectivity index (χ1v) is 8.13. The number of fused-ring (bicyclic) bond motifs is 2. The highest BCUT2D eigenvalue weighted by Gasteiger charge is 2.13. The molecule has 0 saturated carbocycles. The molecule has 0 spiro atoms. The number of hydrogen-bond donors (Lipinski definition) is 0. The van der Waals surface area contributed by atoms with Crippen molar-refractivity contribution in [2.75, 3.05) is 0 Å². The van der Waals surface area contributed by atoms with E-state index in [1.807, 2.05) is 12.1 Å². The number of halogens is 1. The van der Waals surface area contributed by atoms with Gasteiger partial charge in [0.25, 0.3) is 0 Å². The molecular weight excluding hydrogens is 419 g/mol. The van der Waals surface area contributed by atoms with Gasteiger partial charge in [0.05, 0.1) is 16.8 Å². The molecule has 0 saturated heterocycles. The van der Waals surface area contributed by atoms with Gasteiger partial charge in [0, 0.05) is 16.8 Å². The molecule has 4 rings (SSSR count). The standard InChI is InChI=1S/C22H19N2.HI/c1-16(2)14-24-15-19(13-18-8-4-6-10-22(18)24)21-12-11-17-7-3-5-9-20(17)23-21;/h3-13,15H,1,14H2,2H3;1H/q+1;/p-1. The Morgan fingerprint density at radius 3 is 2.48 bits per heavy atom. The predicted octanol–water partition coefficient (Wildman–Crippen LogP) is 1.92. The summed E-state index contributed by atoms with van der Waals surface area (Å²) in [5, 5.41) is 2.38. The third-order valence-corrected chi connectivity index (χ3v) is 4.19. The summed E-state index contributed by atoms with van der Waals surface area (Å²) >= 11 is 0. The molecule has 0 N–H and O–H groups in total. The topological polar surface area (TPSA) is 16.8 Å². The summed E-state index contributed by atoms with van der Waals surface area (Å²) < 4.78 is 2.25. The Kier molecular flexibility index (Phi) is 5.13. The lowest BCUT2D eigenvalue weighted by Gasteiger charge is -2.06. The highest BCUT2D eigenvalue weighted by Crippen LogP contribution is 2.23. The van der Waals surface area contributed by atoms with Crippen LogP contribution in [0.3, 0.4) is 0 Å². The zero-order valence-corrected chi connectivity index (χ0v) is 16.3. The van der Waals surface area contributed by atoms with Crippen LogP contribution in [-0.4, -0.2) is 4.98 Å². The monoisotopic (exact) mass is 438 g/mol. The van der Waals surface area contributed by atoms with Gasteiger partial charge in [-0.2, -0.15) is 4.57 Å². The summed E-state index contributed by atoms with van der Waals surface area (Å²) in [5.74, 6) is 0. The van der Waals surface area contributed by atoms with Crippen molar-refractivity contribution in [2.45, 2.75) is 13.5 Å². The van der Waals surface area contributed by atoms with Crippen molar-refractivity contribution < 1.29 is 28.5 Å².